The van der Waals surface area contributed by atoms with Gasteiger partial charge in [0.05, 0.1) is 24.4 Å². The zero-order chi connectivity index (χ0) is 22.9. The molecule has 0 saturated carbocycles. The quantitative estimate of drug-likeness (QED) is 0.471. The van der Waals surface area contributed by atoms with E-state index in [1.54, 1.807) is 43.3 Å². The topological polar surface area (TPSA) is 74.8 Å². The highest BCUT2D eigenvalue weighted by Crippen LogP contribution is 2.31. The minimum absolute atomic E-state index is 0.177. The fraction of sp³-hybridized carbons (Fsp3) is 0.409. The van der Waals surface area contributed by atoms with E-state index in [1.165, 1.54) is 6.20 Å². The summed E-state index contributed by atoms with van der Waals surface area (Å²) >= 11 is 0.415. The van der Waals surface area contributed by atoms with Crippen LogP contribution < -0.4 is 10.2 Å². The number of amides is 1. The fourth-order valence-electron chi connectivity index (χ4n) is 3.43. The largest absolute Gasteiger partial charge is 0.462 e. The van der Waals surface area contributed by atoms with E-state index in [0.717, 1.165) is 25.3 Å². The first kappa shape index (κ1) is 23.9. The first-order valence-corrected chi connectivity index (χ1v) is 11.3. The standard InChI is InChI=1S/C22H26F2N4O3S/c1-2-31-21(30)16-8-9-19(25-14-16)28-11-5-10-27(12-13-28)15-20(29)26-17-6-3-4-7-18(17)32-22(23)24/h3-4,6-9,14,22H,2,5,10-13,15H2,1H3,(H,26,29). The lowest BCUT2D eigenvalue weighted by molar-refractivity contribution is -0.117. The average molecular weight is 465 g/mol. The fourth-order valence-corrected chi connectivity index (χ4v) is 4.02. The molecule has 0 radical (unpaired) electrons. The molecule has 1 amide bonds. The predicted octanol–water partition coefficient (Wildman–Crippen LogP) is 3.72. The Balaban J connectivity index is 1.53. The van der Waals surface area contributed by atoms with Gasteiger partial charge in [-0.25, -0.2) is 9.78 Å². The number of carbonyl (C=O) groups excluding carboxylic acids is 2. The molecule has 1 N–H and O–H groups in total. The Morgan fingerprint density at radius 2 is 1.97 bits per heavy atom. The number of anilines is 2. The summed E-state index contributed by atoms with van der Waals surface area (Å²) in [5, 5.41) is 2.75. The lowest BCUT2D eigenvalue weighted by Gasteiger charge is -2.22. The number of alkyl halides is 2. The van der Waals surface area contributed by atoms with E-state index in [0.29, 0.717) is 47.6 Å². The van der Waals surface area contributed by atoms with Gasteiger partial charge in [-0.05, 0) is 37.6 Å². The highest BCUT2D eigenvalue weighted by molar-refractivity contribution is 7.99. The molecule has 0 spiro atoms. The third kappa shape index (κ3) is 6.89. The van der Waals surface area contributed by atoms with Crippen molar-refractivity contribution in [3.8, 4) is 0 Å². The smallest absolute Gasteiger partial charge is 0.339 e. The van der Waals surface area contributed by atoms with E-state index in [-0.39, 0.29) is 12.5 Å². The van der Waals surface area contributed by atoms with E-state index in [4.69, 9.17) is 4.74 Å². The Kier molecular flexibility index (Phi) is 8.81. The molecule has 0 aliphatic carbocycles. The summed E-state index contributed by atoms with van der Waals surface area (Å²) in [4.78, 5) is 33.2. The zero-order valence-electron chi connectivity index (χ0n) is 17.8. The summed E-state index contributed by atoms with van der Waals surface area (Å²) in [6, 6.07) is 10.1. The maximum Gasteiger partial charge on any atom is 0.339 e. The second kappa shape index (κ2) is 11.8. The molecule has 0 atom stereocenters. The Morgan fingerprint density at radius 1 is 1.16 bits per heavy atom. The molecule has 7 nitrogen and oxygen atoms in total. The molecule has 1 aliphatic rings. The molecule has 172 valence electrons. The van der Waals surface area contributed by atoms with Crippen molar-refractivity contribution in [3.05, 3.63) is 48.2 Å². The van der Waals surface area contributed by atoms with Crippen LogP contribution in [-0.4, -0.2) is 66.8 Å². The molecule has 2 aromatic rings. The summed E-state index contributed by atoms with van der Waals surface area (Å²) in [6.45, 7) is 5.09. The SMILES string of the molecule is CCOC(=O)c1ccc(N2CCCN(CC(=O)Nc3ccccc3SC(F)F)CC2)nc1. The lowest BCUT2D eigenvalue weighted by Crippen LogP contribution is -2.36. The molecule has 10 heteroatoms. The van der Waals surface area contributed by atoms with Gasteiger partial charge >= 0.3 is 5.97 Å². The minimum atomic E-state index is -2.55. The zero-order valence-corrected chi connectivity index (χ0v) is 18.6. The minimum Gasteiger partial charge on any atom is -0.462 e. The number of thioether (sulfide) groups is 1. The first-order chi connectivity index (χ1) is 15.5. The summed E-state index contributed by atoms with van der Waals surface area (Å²) in [6.07, 6.45) is 2.35. The molecular formula is C22H26F2N4O3S. The number of aromatic nitrogens is 1. The predicted molar refractivity (Wildman–Crippen MR) is 120 cm³/mol. The number of hydrogen-bond donors (Lipinski definition) is 1. The van der Waals surface area contributed by atoms with Crippen LogP contribution in [0.3, 0.4) is 0 Å². The molecule has 2 heterocycles. The van der Waals surface area contributed by atoms with Crippen LogP contribution in [-0.2, 0) is 9.53 Å². The molecule has 0 unspecified atom stereocenters. The number of rotatable bonds is 8. The van der Waals surface area contributed by atoms with Crippen molar-refractivity contribution >= 4 is 35.1 Å². The van der Waals surface area contributed by atoms with Crippen LogP contribution in [0.4, 0.5) is 20.3 Å². The number of pyridine rings is 1. The van der Waals surface area contributed by atoms with Crippen molar-refractivity contribution in [3.63, 3.8) is 0 Å². The van der Waals surface area contributed by atoms with Crippen LogP contribution >= 0.6 is 11.8 Å². The number of nitrogens with zero attached hydrogens (tertiary/aromatic N) is 3. The maximum atomic E-state index is 12.7. The van der Waals surface area contributed by atoms with Gasteiger partial charge in [0.1, 0.15) is 5.82 Å². The number of hydrogen-bond acceptors (Lipinski definition) is 7. The third-order valence-electron chi connectivity index (χ3n) is 4.92. The molecule has 1 aromatic carbocycles. The van der Waals surface area contributed by atoms with Crippen LogP contribution in [0.5, 0.6) is 0 Å². The van der Waals surface area contributed by atoms with Crippen molar-refractivity contribution in [2.75, 3.05) is 49.5 Å². The van der Waals surface area contributed by atoms with Crippen LogP contribution in [0.1, 0.15) is 23.7 Å². The van der Waals surface area contributed by atoms with E-state index in [2.05, 4.69) is 15.2 Å². The average Bonchev–Trinajstić information content (AvgIpc) is 3.00. The monoisotopic (exact) mass is 464 g/mol. The van der Waals surface area contributed by atoms with Crippen LogP contribution in [0.2, 0.25) is 0 Å². The van der Waals surface area contributed by atoms with Gasteiger partial charge in [0.25, 0.3) is 5.76 Å². The van der Waals surface area contributed by atoms with Gasteiger partial charge in [0, 0.05) is 37.3 Å². The number of benzene rings is 1. The highest BCUT2D eigenvalue weighted by atomic mass is 32.2. The summed E-state index contributed by atoms with van der Waals surface area (Å²) < 4.78 is 30.5. The van der Waals surface area contributed by atoms with Gasteiger partial charge in [-0.2, -0.15) is 8.78 Å². The van der Waals surface area contributed by atoms with Crippen LogP contribution in [0.25, 0.3) is 0 Å². The van der Waals surface area contributed by atoms with Crippen molar-refractivity contribution in [1.29, 1.82) is 0 Å². The first-order valence-electron chi connectivity index (χ1n) is 10.4. The summed E-state index contributed by atoms with van der Waals surface area (Å²) in [5.74, 6) is -2.42. The second-order valence-corrected chi connectivity index (χ2v) is 8.20. The molecular weight excluding hydrogens is 438 g/mol. The molecule has 1 aromatic heterocycles. The summed E-state index contributed by atoms with van der Waals surface area (Å²) in [7, 11) is 0. The van der Waals surface area contributed by atoms with Gasteiger partial charge in [0.15, 0.2) is 0 Å². The van der Waals surface area contributed by atoms with Gasteiger partial charge in [-0.1, -0.05) is 23.9 Å². The Morgan fingerprint density at radius 3 is 2.69 bits per heavy atom. The lowest BCUT2D eigenvalue weighted by atomic mass is 10.2. The Hall–Kier alpha value is -2.72. The second-order valence-electron chi connectivity index (χ2n) is 7.17. The molecule has 1 aliphatic heterocycles. The van der Waals surface area contributed by atoms with Gasteiger partial charge in [-0.3, -0.25) is 9.69 Å². The van der Waals surface area contributed by atoms with Crippen molar-refractivity contribution in [1.82, 2.24) is 9.88 Å². The van der Waals surface area contributed by atoms with E-state index < -0.39 is 11.7 Å². The van der Waals surface area contributed by atoms with Crippen LogP contribution in [0, 0.1) is 0 Å². The molecule has 3 rings (SSSR count). The van der Waals surface area contributed by atoms with E-state index >= 15 is 0 Å². The number of para-hydroxylation sites is 1. The number of carbonyl (C=O) groups is 2. The number of nitrogens with one attached hydrogen (secondary N) is 1. The normalized spacial score (nSPS) is 14.8. The molecule has 32 heavy (non-hydrogen) atoms. The Bertz CT molecular complexity index is 914. The number of ether oxygens (including phenoxy) is 1. The Labute approximate surface area is 190 Å². The van der Waals surface area contributed by atoms with Crippen molar-refractivity contribution in [2.24, 2.45) is 0 Å². The van der Waals surface area contributed by atoms with Gasteiger partial charge in [0.2, 0.25) is 5.91 Å². The van der Waals surface area contributed by atoms with E-state index in [1.807, 2.05) is 4.90 Å². The highest BCUT2D eigenvalue weighted by Gasteiger charge is 2.19. The van der Waals surface area contributed by atoms with Crippen molar-refractivity contribution in [2.45, 2.75) is 24.0 Å². The number of halogens is 2. The van der Waals surface area contributed by atoms with Crippen molar-refractivity contribution < 1.29 is 23.1 Å². The van der Waals surface area contributed by atoms with Gasteiger partial charge in [-0.15, -0.1) is 0 Å². The molecule has 0 bridgehead atoms. The maximum absolute atomic E-state index is 12.7. The third-order valence-corrected chi connectivity index (χ3v) is 5.70. The van der Waals surface area contributed by atoms with Gasteiger partial charge < -0.3 is 15.0 Å². The molecule has 1 saturated heterocycles. The van der Waals surface area contributed by atoms with Crippen LogP contribution in [0.15, 0.2) is 47.5 Å². The molecule has 1 fully saturated rings. The number of esters is 1. The van der Waals surface area contributed by atoms with E-state index in [9.17, 15) is 18.4 Å². The summed E-state index contributed by atoms with van der Waals surface area (Å²) in [5.41, 5.74) is 0.805.